The van der Waals surface area contributed by atoms with Crippen LogP contribution in [0.4, 0.5) is 23.3 Å². The van der Waals surface area contributed by atoms with E-state index in [4.69, 9.17) is 0 Å². The zero-order valence-corrected chi connectivity index (χ0v) is 32.2. The van der Waals surface area contributed by atoms with Gasteiger partial charge in [0.05, 0.1) is 0 Å². The molecule has 42 heavy (non-hydrogen) atoms. The first-order chi connectivity index (χ1) is 18.4. The molecule has 211 valence electrons. The second-order valence-electron chi connectivity index (χ2n) is 7.87. The molecular formula is C23H20N8O6S2Y3-2. The molecule has 0 unspecified atom stereocenters. The molecule has 0 aliphatic rings. The number of hydrogen-bond acceptors (Lipinski definition) is 12. The molecule has 4 N–H and O–H groups in total. The quantitative estimate of drug-likeness (QED) is 0.109. The molecule has 19 heteroatoms. The number of rotatable bonds is 9. The van der Waals surface area contributed by atoms with Gasteiger partial charge in [0, 0.05) is 134 Å². The fourth-order valence-corrected chi connectivity index (χ4v) is 4.72. The first kappa shape index (κ1) is 39.0. The van der Waals surface area contributed by atoms with Crippen LogP contribution < -0.4 is 10.6 Å². The smallest absolute Gasteiger partial charge is 0.295 e. The molecule has 4 rings (SSSR count). The largest absolute Gasteiger partial charge is 0.378 e. The summed E-state index contributed by atoms with van der Waals surface area (Å²) in [5.74, 6) is 1.10. The van der Waals surface area contributed by atoms with E-state index in [1.807, 2.05) is 6.92 Å². The molecular weight excluding hydrogens is 815 g/mol. The minimum absolute atomic E-state index is 0. The Kier molecular flexibility index (Phi) is 15.6. The zero-order chi connectivity index (χ0) is 28.2. The summed E-state index contributed by atoms with van der Waals surface area (Å²) in [5, 5.41) is 5.61. The van der Waals surface area contributed by atoms with E-state index in [1.54, 1.807) is 6.92 Å². The molecule has 0 saturated carbocycles. The van der Waals surface area contributed by atoms with Crippen molar-refractivity contribution < 1.29 is 124 Å². The van der Waals surface area contributed by atoms with Crippen LogP contribution in [0.3, 0.4) is 0 Å². The topological polar surface area (TPSA) is 210 Å². The molecule has 2 heterocycles. The van der Waals surface area contributed by atoms with Crippen LogP contribution in [0.2, 0.25) is 0 Å². The van der Waals surface area contributed by atoms with E-state index >= 15 is 0 Å². The molecule has 0 saturated heterocycles. The fraction of sp³-hybridized carbons (Fsp3) is 0.130. The Morgan fingerprint density at radius 1 is 0.738 bits per heavy atom. The van der Waals surface area contributed by atoms with Crippen molar-refractivity contribution in [2.45, 2.75) is 30.1 Å². The molecule has 3 radical (unpaired) electrons. The summed E-state index contributed by atoms with van der Waals surface area (Å²) in [6.45, 7) is 3.47. The van der Waals surface area contributed by atoms with Crippen molar-refractivity contribution in [2.75, 3.05) is 10.6 Å². The molecule has 0 aliphatic carbocycles. The van der Waals surface area contributed by atoms with Crippen molar-refractivity contribution in [1.29, 1.82) is 0 Å². The summed E-state index contributed by atoms with van der Waals surface area (Å²) < 4.78 is 68.1. The summed E-state index contributed by atoms with van der Waals surface area (Å²) in [5.41, 5.74) is 0.577. The number of aromatic nitrogens is 6. The van der Waals surface area contributed by atoms with Gasteiger partial charge in [0.2, 0.25) is 0 Å². The van der Waals surface area contributed by atoms with Gasteiger partial charge in [0.25, 0.3) is 20.2 Å². The maximum atomic E-state index is 12.1. The van der Waals surface area contributed by atoms with Crippen LogP contribution >= 0.6 is 0 Å². The average Bonchev–Trinajstić information content (AvgIpc) is 2.87. The summed E-state index contributed by atoms with van der Waals surface area (Å²) in [7, 11) is -9.40. The molecule has 4 aromatic rings. The Morgan fingerprint density at radius 2 is 1.19 bits per heavy atom. The van der Waals surface area contributed by atoms with Crippen molar-refractivity contribution in [3.63, 3.8) is 0 Å². The van der Waals surface area contributed by atoms with Crippen LogP contribution in [0.25, 0.3) is 12.2 Å². The Labute approximate surface area is 318 Å². The van der Waals surface area contributed by atoms with Crippen LogP contribution in [-0.2, 0) is 125 Å². The van der Waals surface area contributed by atoms with Gasteiger partial charge in [0.15, 0.2) is 0 Å². The zero-order valence-electron chi connectivity index (χ0n) is 22.1. The van der Waals surface area contributed by atoms with Gasteiger partial charge in [-0.1, -0.05) is 38.1 Å². The van der Waals surface area contributed by atoms with Crippen LogP contribution in [0.5, 0.6) is 0 Å². The average molecular weight is 835 g/mol. The number of nitrogens with one attached hydrogen (secondary N) is 2. The van der Waals surface area contributed by atoms with Crippen molar-refractivity contribution >= 4 is 55.7 Å². The summed E-state index contributed by atoms with van der Waals surface area (Å²) in [6.07, 6.45) is 7.93. The minimum atomic E-state index is -4.70. The second kappa shape index (κ2) is 16.9. The van der Waals surface area contributed by atoms with Crippen molar-refractivity contribution in [3.05, 3.63) is 71.8 Å². The van der Waals surface area contributed by atoms with Crippen LogP contribution in [0, 0.1) is 19.6 Å². The summed E-state index contributed by atoms with van der Waals surface area (Å²) in [4.78, 5) is 22.6. The third-order valence-electron chi connectivity index (χ3n) is 5.06. The number of aryl methyl sites for hydroxylation is 2. The van der Waals surface area contributed by atoms with Crippen LogP contribution in [-0.4, -0.2) is 55.8 Å². The number of benzene rings is 2. The third kappa shape index (κ3) is 10.8. The Morgan fingerprint density at radius 3 is 1.62 bits per heavy atom. The van der Waals surface area contributed by atoms with Gasteiger partial charge in [-0.05, 0) is 41.8 Å². The van der Waals surface area contributed by atoms with Gasteiger partial charge < -0.3 is 40.5 Å². The van der Waals surface area contributed by atoms with Crippen molar-refractivity contribution in [1.82, 2.24) is 29.9 Å². The van der Waals surface area contributed by atoms with Crippen LogP contribution in [0.15, 0.2) is 46.2 Å². The molecule has 0 atom stereocenters. The monoisotopic (exact) mass is 835 g/mol. The van der Waals surface area contributed by atoms with Gasteiger partial charge in [0.1, 0.15) is 21.7 Å². The third-order valence-corrected chi connectivity index (χ3v) is 6.88. The summed E-state index contributed by atoms with van der Waals surface area (Å²) >= 11 is 0. The molecule has 0 fully saturated rings. The van der Waals surface area contributed by atoms with Gasteiger partial charge in [-0.2, -0.15) is 16.8 Å². The van der Waals surface area contributed by atoms with Gasteiger partial charge in [-0.25, -0.2) is 0 Å². The maximum absolute atomic E-state index is 12.1. The number of anilines is 4. The maximum Gasteiger partial charge on any atom is 0.295 e. The Balaban J connectivity index is 0.00000294. The predicted octanol–water partition coefficient (Wildman–Crippen LogP) is 2.67. The fourth-order valence-electron chi connectivity index (χ4n) is 3.30. The van der Waals surface area contributed by atoms with E-state index < -0.39 is 30.0 Å². The van der Waals surface area contributed by atoms with Gasteiger partial charge in [-0.3, -0.25) is 9.11 Å². The number of hydrogen-bond donors (Lipinski definition) is 4. The van der Waals surface area contributed by atoms with E-state index in [-0.39, 0.29) is 133 Å². The summed E-state index contributed by atoms with van der Waals surface area (Å²) in [6, 6.07) is 8.09. The molecule has 0 amide bonds. The molecule has 2 aromatic heterocycles. The first-order valence-electron chi connectivity index (χ1n) is 11.1. The normalized spacial score (nSPS) is 11.1. The first-order valence-corrected chi connectivity index (χ1v) is 14.0. The van der Waals surface area contributed by atoms with Gasteiger partial charge in [-0.15, -0.1) is 0 Å². The van der Waals surface area contributed by atoms with E-state index in [9.17, 15) is 25.9 Å². The molecule has 0 aliphatic heterocycles. The Hall–Kier alpha value is -1.07. The Bertz CT molecular complexity index is 1790. The molecule has 0 bridgehead atoms. The molecule has 0 spiro atoms. The molecule has 14 nitrogen and oxygen atoms in total. The van der Waals surface area contributed by atoms with Crippen LogP contribution in [0.1, 0.15) is 29.7 Å². The number of nitrogens with zero attached hydrogens (tertiary/aromatic N) is 6. The van der Waals surface area contributed by atoms with E-state index in [1.165, 1.54) is 36.4 Å². The van der Waals surface area contributed by atoms with E-state index in [2.05, 4.69) is 53.2 Å². The van der Waals surface area contributed by atoms with Crippen molar-refractivity contribution in [2.24, 2.45) is 0 Å². The minimum Gasteiger partial charge on any atom is -0.378 e. The predicted molar refractivity (Wildman–Crippen MR) is 139 cm³/mol. The SMILES string of the molecule is CCc1n[c-]nc(Nc2ccc(/C=C\c3ccc(Nc4n[c-]nc(C)n4)cc3S(=O)(=O)O)c(S(=O)(=O)O)c2)n1.[Y].[Y].[Y]. The van der Waals surface area contributed by atoms with Crippen molar-refractivity contribution in [3.8, 4) is 0 Å². The standard InChI is InChI=1S/C23H20N8O6S2.3Y/c1-3-21-25-13-27-23(31-21)30-18-9-7-16(20(11-18)39(35,36)37)5-4-15-6-8-17(10-19(15)38(32,33)34)29-22-26-12-24-14(2)28-22;;;/h4-11H,3H2,1-2H3,(H,32,33,34)(H,35,36,37)(H,24,26,28,29)(H,25,27,30,31);;;/q-2;;;/b5-4-;;;. The van der Waals surface area contributed by atoms with E-state index in [0.29, 0.717) is 18.1 Å². The van der Waals surface area contributed by atoms with Gasteiger partial charge >= 0.3 is 0 Å². The second-order valence-corrected chi connectivity index (χ2v) is 10.7. The van der Waals surface area contributed by atoms with E-state index in [0.717, 1.165) is 12.1 Å². The molecule has 2 aromatic carbocycles.